The van der Waals surface area contributed by atoms with E-state index in [-0.39, 0.29) is 6.10 Å². The van der Waals surface area contributed by atoms with Crippen LogP contribution in [0.3, 0.4) is 0 Å². The number of morpholine rings is 1. The summed E-state index contributed by atoms with van der Waals surface area (Å²) in [6, 6.07) is 10.2. The molecule has 0 amide bonds. The fourth-order valence-corrected chi connectivity index (χ4v) is 1.95. The Bertz CT molecular complexity index is 414. The smallest absolute Gasteiger partial charge is 0.156 e. The number of nitriles is 1. The average molecular weight is 232 g/mol. The molecule has 1 unspecified atom stereocenters. The molecule has 0 saturated carbocycles. The lowest BCUT2D eigenvalue weighted by Gasteiger charge is -2.29. The summed E-state index contributed by atoms with van der Waals surface area (Å²) < 4.78 is 10.5. The third-order valence-electron chi connectivity index (χ3n) is 2.83. The van der Waals surface area contributed by atoms with Gasteiger partial charge < -0.3 is 9.47 Å². The van der Waals surface area contributed by atoms with E-state index in [4.69, 9.17) is 14.7 Å². The fourth-order valence-electron chi connectivity index (χ4n) is 1.95. The minimum atomic E-state index is -0.297. The van der Waals surface area contributed by atoms with Crippen LogP contribution in [0.25, 0.3) is 0 Å². The highest BCUT2D eigenvalue weighted by molar-refractivity contribution is 5.28. The second kappa shape index (κ2) is 5.67. The van der Waals surface area contributed by atoms with Gasteiger partial charge in [-0.2, -0.15) is 5.26 Å². The zero-order valence-electron chi connectivity index (χ0n) is 9.93. The number of nitrogens with zero attached hydrogens (tertiary/aromatic N) is 2. The van der Waals surface area contributed by atoms with Crippen LogP contribution in [-0.4, -0.2) is 37.8 Å². The van der Waals surface area contributed by atoms with Crippen molar-refractivity contribution in [1.29, 1.82) is 5.26 Å². The monoisotopic (exact) mass is 232 g/mol. The fraction of sp³-hybridized carbons (Fsp3) is 0.462. The van der Waals surface area contributed by atoms with Crippen LogP contribution in [0, 0.1) is 11.3 Å². The Morgan fingerprint density at radius 2 is 2.47 bits per heavy atom. The predicted molar refractivity (Wildman–Crippen MR) is 63.6 cm³/mol. The molecule has 1 aliphatic rings. The van der Waals surface area contributed by atoms with Crippen LogP contribution in [0.2, 0.25) is 0 Å². The second-order valence-electron chi connectivity index (χ2n) is 4.08. The summed E-state index contributed by atoms with van der Waals surface area (Å²) in [7, 11) is 1.67. The number of benzene rings is 1. The van der Waals surface area contributed by atoms with Crippen LogP contribution >= 0.6 is 0 Å². The first kappa shape index (κ1) is 11.9. The molecule has 0 aromatic heterocycles. The molecule has 1 aromatic carbocycles. The topological polar surface area (TPSA) is 45.5 Å². The molecule has 1 fully saturated rings. The average Bonchev–Trinajstić information content (AvgIpc) is 2.39. The van der Waals surface area contributed by atoms with Gasteiger partial charge >= 0.3 is 0 Å². The Labute approximate surface area is 101 Å². The zero-order chi connectivity index (χ0) is 12.1. The van der Waals surface area contributed by atoms with E-state index in [0.29, 0.717) is 13.2 Å². The first-order chi connectivity index (χ1) is 8.31. The van der Waals surface area contributed by atoms with Gasteiger partial charge in [-0.25, -0.2) is 0 Å². The van der Waals surface area contributed by atoms with Crippen molar-refractivity contribution in [2.75, 3.05) is 26.8 Å². The highest BCUT2D eigenvalue weighted by atomic mass is 16.5. The molecule has 2 rings (SSSR count). The van der Waals surface area contributed by atoms with Crippen LogP contribution in [0.15, 0.2) is 24.3 Å². The Balaban J connectivity index is 1.98. The molecule has 1 aromatic rings. The van der Waals surface area contributed by atoms with Crippen molar-refractivity contribution in [2.45, 2.75) is 12.6 Å². The lowest BCUT2D eigenvalue weighted by Crippen LogP contribution is -2.41. The van der Waals surface area contributed by atoms with Crippen molar-refractivity contribution in [3.8, 4) is 11.8 Å². The molecule has 90 valence electrons. The van der Waals surface area contributed by atoms with Gasteiger partial charge in [0.15, 0.2) is 6.10 Å². The highest BCUT2D eigenvalue weighted by Crippen LogP contribution is 2.15. The molecule has 1 atom stereocenters. The van der Waals surface area contributed by atoms with Gasteiger partial charge in [-0.1, -0.05) is 12.1 Å². The van der Waals surface area contributed by atoms with Crippen molar-refractivity contribution in [3.63, 3.8) is 0 Å². The second-order valence-corrected chi connectivity index (χ2v) is 4.08. The molecule has 17 heavy (non-hydrogen) atoms. The van der Waals surface area contributed by atoms with Crippen molar-refractivity contribution in [1.82, 2.24) is 4.90 Å². The molecule has 0 radical (unpaired) electrons. The normalized spacial score (nSPS) is 20.8. The molecule has 0 bridgehead atoms. The third-order valence-corrected chi connectivity index (χ3v) is 2.83. The first-order valence-electron chi connectivity index (χ1n) is 5.68. The minimum Gasteiger partial charge on any atom is -0.497 e. The van der Waals surface area contributed by atoms with E-state index in [0.717, 1.165) is 18.8 Å². The maximum absolute atomic E-state index is 8.84. The number of methoxy groups -OCH3 is 1. The molecule has 1 aliphatic heterocycles. The van der Waals surface area contributed by atoms with Gasteiger partial charge in [0.05, 0.1) is 19.8 Å². The van der Waals surface area contributed by atoms with E-state index in [1.54, 1.807) is 7.11 Å². The quantitative estimate of drug-likeness (QED) is 0.790. The molecule has 0 aliphatic carbocycles. The Hall–Kier alpha value is -1.57. The largest absolute Gasteiger partial charge is 0.497 e. The molecule has 1 heterocycles. The van der Waals surface area contributed by atoms with E-state index in [1.165, 1.54) is 5.56 Å². The highest BCUT2D eigenvalue weighted by Gasteiger charge is 2.19. The number of hydrogen-bond acceptors (Lipinski definition) is 4. The van der Waals surface area contributed by atoms with Gasteiger partial charge in [0.1, 0.15) is 5.75 Å². The van der Waals surface area contributed by atoms with Crippen molar-refractivity contribution >= 4 is 0 Å². The van der Waals surface area contributed by atoms with Crippen molar-refractivity contribution in [3.05, 3.63) is 29.8 Å². The van der Waals surface area contributed by atoms with Crippen LogP contribution in [-0.2, 0) is 11.3 Å². The summed E-state index contributed by atoms with van der Waals surface area (Å²) >= 11 is 0. The van der Waals surface area contributed by atoms with Crippen LogP contribution in [0.5, 0.6) is 5.75 Å². The van der Waals surface area contributed by atoms with Gasteiger partial charge in [-0.05, 0) is 17.7 Å². The third kappa shape index (κ3) is 3.19. The molecule has 0 spiro atoms. The summed E-state index contributed by atoms with van der Waals surface area (Å²) in [6.07, 6.45) is -0.297. The Kier molecular flexibility index (Phi) is 3.97. The number of hydrogen-bond donors (Lipinski definition) is 0. The van der Waals surface area contributed by atoms with Gasteiger partial charge in [-0.3, -0.25) is 4.90 Å². The molecular formula is C13H16N2O2. The van der Waals surface area contributed by atoms with Crippen LogP contribution in [0.4, 0.5) is 0 Å². The van der Waals surface area contributed by atoms with E-state index < -0.39 is 0 Å². The maximum atomic E-state index is 8.84. The zero-order valence-corrected chi connectivity index (χ0v) is 9.93. The van der Waals surface area contributed by atoms with E-state index in [1.807, 2.05) is 18.2 Å². The molecule has 0 N–H and O–H groups in total. The van der Waals surface area contributed by atoms with Crippen LogP contribution < -0.4 is 4.74 Å². The van der Waals surface area contributed by atoms with Crippen LogP contribution in [0.1, 0.15) is 5.56 Å². The van der Waals surface area contributed by atoms with E-state index >= 15 is 0 Å². The maximum Gasteiger partial charge on any atom is 0.156 e. The molecular weight excluding hydrogens is 216 g/mol. The SMILES string of the molecule is COc1cccc(CN2CCOC(C#N)C2)c1. The van der Waals surface area contributed by atoms with E-state index in [2.05, 4.69) is 17.0 Å². The molecule has 4 nitrogen and oxygen atoms in total. The van der Waals surface area contributed by atoms with Crippen molar-refractivity contribution in [2.24, 2.45) is 0 Å². The Morgan fingerprint density at radius 3 is 3.24 bits per heavy atom. The molecule has 4 heteroatoms. The minimum absolute atomic E-state index is 0.297. The van der Waals surface area contributed by atoms with Crippen molar-refractivity contribution < 1.29 is 9.47 Å². The summed E-state index contributed by atoms with van der Waals surface area (Å²) in [5.41, 5.74) is 1.20. The summed E-state index contributed by atoms with van der Waals surface area (Å²) in [4.78, 5) is 2.23. The summed E-state index contributed by atoms with van der Waals surface area (Å²) in [5, 5.41) is 8.84. The van der Waals surface area contributed by atoms with Gasteiger partial charge in [0, 0.05) is 19.6 Å². The Morgan fingerprint density at radius 1 is 1.59 bits per heavy atom. The first-order valence-corrected chi connectivity index (χ1v) is 5.68. The van der Waals surface area contributed by atoms with Gasteiger partial charge in [0.25, 0.3) is 0 Å². The standard InChI is InChI=1S/C13H16N2O2/c1-16-12-4-2-3-11(7-12)9-15-5-6-17-13(8-14)10-15/h2-4,7,13H,5-6,9-10H2,1H3. The van der Waals surface area contributed by atoms with Gasteiger partial charge in [0.2, 0.25) is 0 Å². The lowest BCUT2D eigenvalue weighted by molar-refractivity contribution is -0.00270. The van der Waals surface area contributed by atoms with E-state index in [9.17, 15) is 0 Å². The summed E-state index contributed by atoms with van der Waals surface area (Å²) in [5.74, 6) is 0.868. The number of rotatable bonds is 3. The number of ether oxygens (including phenoxy) is 2. The summed E-state index contributed by atoms with van der Waals surface area (Å²) in [6.45, 7) is 3.00. The molecule has 1 saturated heterocycles. The lowest BCUT2D eigenvalue weighted by atomic mass is 10.2. The predicted octanol–water partition coefficient (Wildman–Crippen LogP) is 1.42. The van der Waals surface area contributed by atoms with Gasteiger partial charge in [-0.15, -0.1) is 0 Å².